The molecule has 6 rings (SSSR count). The quantitative estimate of drug-likeness (QED) is 0.859. The number of piperidine rings is 3. The molecule has 4 atom stereocenters. The Balaban J connectivity index is 1.52. The molecule has 1 aromatic carbocycles. The monoisotopic (exact) mass is 282 g/mol. The summed E-state index contributed by atoms with van der Waals surface area (Å²) < 4.78 is 0. The molecular weight excluding hydrogens is 264 g/mol. The first-order chi connectivity index (χ1) is 10.3. The Morgan fingerprint density at radius 1 is 1.24 bits per heavy atom. The molecule has 1 N–H and O–H groups in total. The van der Waals surface area contributed by atoms with Crippen LogP contribution < -0.4 is 0 Å². The predicted molar refractivity (Wildman–Crippen MR) is 79.0 cm³/mol. The fourth-order valence-corrected chi connectivity index (χ4v) is 4.60. The molecule has 4 fully saturated rings. The van der Waals surface area contributed by atoms with Crippen LogP contribution in [-0.2, 0) is 0 Å². The second-order valence-electron chi connectivity index (χ2n) is 6.61. The molecule has 1 aromatic heterocycles. The number of aromatic amines is 1. The fourth-order valence-electron chi connectivity index (χ4n) is 4.60. The van der Waals surface area contributed by atoms with Gasteiger partial charge >= 0.3 is 0 Å². The highest BCUT2D eigenvalue weighted by molar-refractivity contribution is 6.04. The number of aromatic nitrogens is 2. The number of fused-ring (bicyclic) bond motifs is 2. The topological polar surface area (TPSA) is 52.2 Å². The van der Waals surface area contributed by atoms with Gasteiger partial charge in [-0.2, -0.15) is 5.10 Å². The summed E-state index contributed by atoms with van der Waals surface area (Å²) in [5.74, 6) is 1.49. The van der Waals surface area contributed by atoms with Gasteiger partial charge < -0.3 is 9.80 Å². The van der Waals surface area contributed by atoms with E-state index in [1.807, 2.05) is 24.3 Å². The number of para-hydroxylation sites is 1. The molecule has 4 saturated heterocycles. The van der Waals surface area contributed by atoms with Gasteiger partial charge in [-0.15, -0.1) is 0 Å². The molecule has 2 aromatic rings. The lowest BCUT2D eigenvalue weighted by Gasteiger charge is -2.44. The summed E-state index contributed by atoms with van der Waals surface area (Å²) in [4.78, 5) is 17.6. The fraction of sp³-hybridized carbons (Fsp3) is 0.500. The van der Waals surface area contributed by atoms with Crippen molar-refractivity contribution in [1.82, 2.24) is 20.0 Å². The lowest BCUT2D eigenvalue weighted by molar-refractivity contribution is 0.0420. The Kier molecular flexibility index (Phi) is 2.28. The van der Waals surface area contributed by atoms with Crippen LogP contribution in [0, 0.1) is 11.8 Å². The number of H-pyrrole nitrogens is 1. The Labute approximate surface area is 122 Å². The molecule has 5 heteroatoms. The summed E-state index contributed by atoms with van der Waals surface area (Å²) in [5.41, 5.74) is 1.53. The van der Waals surface area contributed by atoms with Crippen molar-refractivity contribution in [3.05, 3.63) is 30.0 Å². The van der Waals surface area contributed by atoms with E-state index in [-0.39, 0.29) is 5.91 Å². The first-order valence-corrected chi connectivity index (χ1v) is 7.78. The van der Waals surface area contributed by atoms with E-state index in [0.29, 0.717) is 23.6 Å². The molecule has 1 amide bonds. The molecule has 0 aliphatic carbocycles. The van der Waals surface area contributed by atoms with Crippen LogP contribution in [0.15, 0.2) is 24.3 Å². The molecular formula is C16H18N4O. The van der Waals surface area contributed by atoms with E-state index in [2.05, 4.69) is 20.0 Å². The van der Waals surface area contributed by atoms with E-state index >= 15 is 0 Å². The maximum atomic E-state index is 13.0. The minimum atomic E-state index is 0.105. The van der Waals surface area contributed by atoms with Gasteiger partial charge in [0, 0.05) is 31.1 Å². The van der Waals surface area contributed by atoms with Gasteiger partial charge in [0.25, 0.3) is 5.91 Å². The zero-order valence-electron chi connectivity index (χ0n) is 11.8. The first-order valence-electron chi connectivity index (χ1n) is 7.78. The van der Waals surface area contributed by atoms with E-state index in [4.69, 9.17) is 0 Å². The lowest BCUT2D eigenvalue weighted by Crippen LogP contribution is -2.54. The lowest BCUT2D eigenvalue weighted by atomic mass is 9.80. The molecule has 4 aliphatic heterocycles. The van der Waals surface area contributed by atoms with Crippen LogP contribution in [0.5, 0.6) is 0 Å². The largest absolute Gasteiger partial charge is 0.332 e. The van der Waals surface area contributed by atoms with Crippen molar-refractivity contribution in [2.75, 3.05) is 26.2 Å². The van der Waals surface area contributed by atoms with Crippen molar-refractivity contribution in [2.45, 2.75) is 12.5 Å². The Morgan fingerprint density at radius 3 is 3.00 bits per heavy atom. The number of benzene rings is 1. The second-order valence-corrected chi connectivity index (χ2v) is 6.61. The van der Waals surface area contributed by atoms with Crippen molar-refractivity contribution >= 4 is 16.8 Å². The summed E-state index contributed by atoms with van der Waals surface area (Å²) in [7, 11) is 0. The van der Waals surface area contributed by atoms with E-state index in [9.17, 15) is 4.79 Å². The number of carbonyl (C=O) groups excluding carboxylic acids is 1. The van der Waals surface area contributed by atoms with Crippen molar-refractivity contribution in [3.8, 4) is 0 Å². The van der Waals surface area contributed by atoms with Crippen molar-refractivity contribution in [3.63, 3.8) is 0 Å². The zero-order valence-corrected chi connectivity index (χ0v) is 11.8. The van der Waals surface area contributed by atoms with Crippen LogP contribution in [0.25, 0.3) is 10.9 Å². The molecule has 0 spiro atoms. The summed E-state index contributed by atoms with van der Waals surface area (Å²) >= 11 is 0. The molecule has 108 valence electrons. The van der Waals surface area contributed by atoms with Gasteiger partial charge in [-0.25, -0.2) is 0 Å². The number of rotatable bonds is 1. The number of nitrogens with zero attached hydrogens (tertiary/aromatic N) is 3. The molecule has 0 unspecified atom stereocenters. The average Bonchev–Trinajstić information content (AvgIpc) is 3.06. The molecule has 4 aliphatic rings. The van der Waals surface area contributed by atoms with Crippen LogP contribution >= 0.6 is 0 Å². The third kappa shape index (κ3) is 1.55. The zero-order chi connectivity index (χ0) is 14.0. The van der Waals surface area contributed by atoms with Gasteiger partial charge in [0.2, 0.25) is 0 Å². The smallest absolute Gasteiger partial charge is 0.275 e. The average molecular weight is 282 g/mol. The van der Waals surface area contributed by atoms with Gasteiger partial charge in [-0.1, -0.05) is 18.2 Å². The molecule has 5 heterocycles. The number of hydrogen-bond acceptors (Lipinski definition) is 3. The van der Waals surface area contributed by atoms with Crippen molar-refractivity contribution < 1.29 is 4.79 Å². The molecule has 0 saturated carbocycles. The molecule has 0 radical (unpaired) electrons. The SMILES string of the molecule is O=C(c1n[nH]c2ccccc12)N1C[C@@H]2C[N@@]3CC[C@@H]2[C@@H]1C3. The second kappa shape index (κ2) is 4.07. The highest BCUT2D eigenvalue weighted by atomic mass is 16.2. The van der Waals surface area contributed by atoms with E-state index < -0.39 is 0 Å². The van der Waals surface area contributed by atoms with Crippen LogP contribution in [0.1, 0.15) is 16.9 Å². The van der Waals surface area contributed by atoms with Gasteiger partial charge in [-0.3, -0.25) is 9.89 Å². The van der Waals surface area contributed by atoms with Crippen LogP contribution in [0.4, 0.5) is 0 Å². The Morgan fingerprint density at radius 2 is 2.14 bits per heavy atom. The van der Waals surface area contributed by atoms with Crippen LogP contribution in [-0.4, -0.2) is 58.1 Å². The first kappa shape index (κ1) is 11.7. The van der Waals surface area contributed by atoms with Crippen LogP contribution in [0.2, 0.25) is 0 Å². The Bertz CT molecular complexity index is 724. The third-order valence-corrected chi connectivity index (χ3v) is 5.58. The van der Waals surface area contributed by atoms with Crippen molar-refractivity contribution in [1.29, 1.82) is 0 Å². The maximum absolute atomic E-state index is 13.0. The van der Waals surface area contributed by atoms with Gasteiger partial charge in [0.05, 0.1) is 5.52 Å². The number of hydrogen-bond donors (Lipinski definition) is 1. The standard InChI is InChI=1S/C16H18N4O/c21-16(15-12-3-1-2-4-13(12)17-18-15)20-8-10-7-19-6-5-11(10)14(20)9-19/h1-4,10-11,14H,5-9H2,(H,17,18)/t10-,11-,14-/m0/s1. The summed E-state index contributed by atoms with van der Waals surface area (Å²) in [6.45, 7) is 4.35. The van der Waals surface area contributed by atoms with Gasteiger partial charge in [0.15, 0.2) is 5.69 Å². The maximum Gasteiger partial charge on any atom is 0.275 e. The van der Waals surface area contributed by atoms with Crippen LogP contribution in [0.3, 0.4) is 0 Å². The minimum Gasteiger partial charge on any atom is -0.332 e. The van der Waals surface area contributed by atoms with Gasteiger partial charge in [0.1, 0.15) is 0 Å². The number of nitrogens with one attached hydrogen (secondary N) is 1. The number of amides is 1. The number of likely N-dealkylation sites (tertiary alicyclic amines) is 1. The highest BCUT2D eigenvalue weighted by Gasteiger charge is 2.51. The summed E-state index contributed by atoms with van der Waals surface area (Å²) in [5, 5.41) is 8.20. The van der Waals surface area contributed by atoms with Gasteiger partial charge in [-0.05, 0) is 30.9 Å². The number of carbonyl (C=O) groups is 1. The van der Waals surface area contributed by atoms with E-state index in [0.717, 1.165) is 24.0 Å². The van der Waals surface area contributed by atoms with E-state index in [1.165, 1.54) is 19.5 Å². The minimum absolute atomic E-state index is 0.105. The molecule has 5 nitrogen and oxygen atoms in total. The third-order valence-electron chi connectivity index (χ3n) is 5.58. The van der Waals surface area contributed by atoms with Crippen molar-refractivity contribution in [2.24, 2.45) is 11.8 Å². The predicted octanol–water partition coefficient (Wildman–Crippen LogP) is 1.34. The van der Waals surface area contributed by atoms with E-state index in [1.54, 1.807) is 0 Å². The molecule has 21 heavy (non-hydrogen) atoms. The Hall–Kier alpha value is -1.88. The summed E-state index contributed by atoms with van der Waals surface area (Å²) in [6, 6.07) is 8.27. The highest BCUT2D eigenvalue weighted by Crippen LogP contribution is 2.42. The molecule has 4 bridgehead atoms. The normalized spacial score (nSPS) is 33.8. The summed E-state index contributed by atoms with van der Waals surface area (Å²) in [6.07, 6.45) is 1.25.